The fraction of sp³-hybridized carbons (Fsp3) is 0.0141. The van der Waals surface area contributed by atoms with Crippen molar-refractivity contribution in [2.75, 3.05) is 4.90 Å². The van der Waals surface area contributed by atoms with E-state index in [0.717, 1.165) is 61.3 Å². The molecule has 0 N–H and O–H groups in total. The van der Waals surface area contributed by atoms with E-state index in [2.05, 4.69) is 278 Å². The Morgan fingerprint density at radius 2 is 0.740 bits per heavy atom. The standard InChI is InChI=1S/C71H45NO/c1-3-14-46(15-4-1)54-32-39-61-59-20-9-11-24-65(59)71(67(61)44-54)66-25-12-10-21-60(66)62-40-38-57(45-68(62)71)72(55-34-28-48(29-35-55)52-27-26-47-16-7-8-19-51(47)42-52)56-36-30-49(31-37-56)53-33-41-69-64(43-53)63-23-13-22-58(70(63)73-69)50-17-5-2-6-18-50/h1-45H. The van der Waals surface area contributed by atoms with Gasteiger partial charge in [0, 0.05) is 33.4 Å². The molecule has 1 aromatic heterocycles. The zero-order valence-electron chi connectivity index (χ0n) is 39.8. The average Bonchev–Trinajstić information content (AvgIpc) is 4.10. The summed E-state index contributed by atoms with van der Waals surface area (Å²) in [4.78, 5) is 2.44. The van der Waals surface area contributed by atoms with Crippen LogP contribution in [0.5, 0.6) is 0 Å². The zero-order chi connectivity index (χ0) is 48.0. The molecule has 15 rings (SSSR count). The molecule has 2 aliphatic rings. The molecule has 0 bridgehead atoms. The summed E-state index contributed by atoms with van der Waals surface area (Å²) in [7, 11) is 0. The van der Waals surface area contributed by atoms with E-state index >= 15 is 0 Å². The number of furan rings is 1. The van der Waals surface area contributed by atoms with Crippen LogP contribution in [0, 0.1) is 0 Å². The summed E-state index contributed by atoms with van der Waals surface area (Å²) in [5.74, 6) is 0. The number of para-hydroxylation sites is 1. The van der Waals surface area contributed by atoms with Gasteiger partial charge in [-0.25, -0.2) is 0 Å². The van der Waals surface area contributed by atoms with Crippen molar-refractivity contribution in [1.29, 1.82) is 0 Å². The van der Waals surface area contributed by atoms with Gasteiger partial charge in [0.25, 0.3) is 0 Å². The fourth-order valence-corrected chi connectivity index (χ4v) is 12.3. The maximum Gasteiger partial charge on any atom is 0.143 e. The Balaban J connectivity index is 0.889. The van der Waals surface area contributed by atoms with Gasteiger partial charge in [-0.2, -0.15) is 0 Å². The molecule has 0 saturated heterocycles. The largest absolute Gasteiger partial charge is 0.455 e. The van der Waals surface area contributed by atoms with Gasteiger partial charge in [-0.3, -0.25) is 0 Å². The summed E-state index contributed by atoms with van der Waals surface area (Å²) < 4.78 is 6.58. The number of nitrogens with zero attached hydrogens (tertiary/aromatic N) is 1. The van der Waals surface area contributed by atoms with E-state index in [4.69, 9.17) is 4.42 Å². The van der Waals surface area contributed by atoms with E-state index in [0.29, 0.717) is 0 Å². The molecule has 340 valence electrons. The molecule has 0 radical (unpaired) electrons. The summed E-state index contributed by atoms with van der Waals surface area (Å²) in [6, 6.07) is 100. The smallest absolute Gasteiger partial charge is 0.143 e. The Bertz CT molecular complexity index is 4290. The Hall–Kier alpha value is -9.50. The molecule has 2 nitrogen and oxygen atoms in total. The van der Waals surface area contributed by atoms with E-state index in [-0.39, 0.29) is 0 Å². The first-order chi connectivity index (χ1) is 36.2. The van der Waals surface area contributed by atoms with Gasteiger partial charge < -0.3 is 9.32 Å². The van der Waals surface area contributed by atoms with Crippen molar-refractivity contribution >= 4 is 49.8 Å². The van der Waals surface area contributed by atoms with Gasteiger partial charge in [0.05, 0.1) is 5.41 Å². The van der Waals surface area contributed by atoms with Crippen LogP contribution in [0.4, 0.5) is 17.1 Å². The summed E-state index contributed by atoms with van der Waals surface area (Å²) in [6.07, 6.45) is 0. The summed E-state index contributed by atoms with van der Waals surface area (Å²) in [5, 5.41) is 4.71. The molecule has 2 heteroatoms. The van der Waals surface area contributed by atoms with Crippen molar-refractivity contribution in [2.45, 2.75) is 5.41 Å². The van der Waals surface area contributed by atoms with Crippen LogP contribution >= 0.6 is 0 Å². The topological polar surface area (TPSA) is 16.4 Å². The number of rotatable bonds is 7. The van der Waals surface area contributed by atoms with Crippen molar-refractivity contribution in [2.24, 2.45) is 0 Å². The lowest BCUT2D eigenvalue weighted by molar-refractivity contribution is 0.670. The van der Waals surface area contributed by atoms with Crippen LogP contribution in [0.25, 0.3) is 99.5 Å². The molecule has 0 saturated carbocycles. The lowest BCUT2D eigenvalue weighted by atomic mass is 9.70. The Kier molecular flexibility index (Phi) is 9.21. The van der Waals surface area contributed by atoms with Crippen molar-refractivity contribution in [3.05, 3.63) is 295 Å². The summed E-state index contributed by atoms with van der Waals surface area (Å²) in [5.41, 5.74) is 24.3. The normalized spacial score (nSPS) is 14.1. The van der Waals surface area contributed by atoms with Crippen LogP contribution in [0.15, 0.2) is 277 Å². The molecule has 0 amide bonds. The van der Waals surface area contributed by atoms with E-state index in [9.17, 15) is 0 Å². The van der Waals surface area contributed by atoms with Gasteiger partial charge in [0.1, 0.15) is 11.2 Å². The summed E-state index contributed by atoms with van der Waals surface area (Å²) in [6.45, 7) is 0. The van der Waals surface area contributed by atoms with Crippen molar-refractivity contribution in [3.8, 4) is 66.8 Å². The highest BCUT2D eigenvalue weighted by molar-refractivity contribution is 6.10. The molecule has 0 aliphatic heterocycles. The van der Waals surface area contributed by atoms with Crippen LogP contribution in [-0.2, 0) is 5.41 Å². The molecule has 12 aromatic carbocycles. The van der Waals surface area contributed by atoms with Crippen molar-refractivity contribution < 1.29 is 4.42 Å². The monoisotopic (exact) mass is 927 g/mol. The maximum absolute atomic E-state index is 6.58. The highest BCUT2D eigenvalue weighted by Gasteiger charge is 2.52. The molecular formula is C71H45NO. The quantitative estimate of drug-likeness (QED) is 0.158. The lowest BCUT2D eigenvalue weighted by Crippen LogP contribution is -2.26. The molecule has 0 fully saturated rings. The lowest BCUT2D eigenvalue weighted by Gasteiger charge is -2.32. The number of anilines is 3. The van der Waals surface area contributed by atoms with E-state index in [1.165, 1.54) is 77.5 Å². The molecule has 2 aliphatic carbocycles. The predicted octanol–water partition coefficient (Wildman–Crippen LogP) is 19.2. The second-order valence-electron chi connectivity index (χ2n) is 19.5. The van der Waals surface area contributed by atoms with Gasteiger partial charge in [0.15, 0.2) is 0 Å². The van der Waals surface area contributed by atoms with Gasteiger partial charge in [-0.1, -0.05) is 212 Å². The van der Waals surface area contributed by atoms with Crippen LogP contribution in [0.1, 0.15) is 22.3 Å². The van der Waals surface area contributed by atoms with Gasteiger partial charge in [0.2, 0.25) is 0 Å². The third kappa shape index (κ3) is 6.37. The summed E-state index contributed by atoms with van der Waals surface area (Å²) >= 11 is 0. The first-order valence-corrected chi connectivity index (χ1v) is 25.2. The third-order valence-electron chi connectivity index (χ3n) is 15.7. The van der Waals surface area contributed by atoms with Crippen LogP contribution in [0.2, 0.25) is 0 Å². The Labute approximate surface area is 424 Å². The van der Waals surface area contributed by atoms with Gasteiger partial charge in [-0.05, 0) is 155 Å². The first-order valence-electron chi connectivity index (χ1n) is 25.2. The first kappa shape index (κ1) is 41.3. The Morgan fingerprint density at radius 1 is 0.260 bits per heavy atom. The molecule has 1 atom stereocenters. The minimum absolute atomic E-state index is 0.522. The highest BCUT2D eigenvalue weighted by atomic mass is 16.3. The van der Waals surface area contributed by atoms with Gasteiger partial charge in [-0.15, -0.1) is 0 Å². The number of hydrogen-bond donors (Lipinski definition) is 0. The van der Waals surface area contributed by atoms with E-state index in [1.807, 2.05) is 0 Å². The number of hydrogen-bond acceptors (Lipinski definition) is 2. The van der Waals surface area contributed by atoms with Crippen molar-refractivity contribution in [3.63, 3.8) is 0 Å². The third-order valence-corrected chi connectivity index (χ3v) is 15.7. The molecular weight excluding hydrogens is 883 g/mol. The molecule has 73 heavy (non-hydrogen) atoms. The van der Waals surface area contributed by atoms with Crippen LogP contribution in [-0.4, -0.2) is 0 Å². The zero-order valence-corrected chi connectivity index (χ0v) is 39.8. The highest BCUT2D eigenvalue weighted by Crippen LogP contribution is 2.64. The average molecular weight is 928 g/mol. The molecule has 1 heterocycles. The van der Waals surface area contributed by atoms with E-state index < -0.39 is 5.41 Å². The Morgan fingerprint density at radius 3 is 1.44 bits per heavy atom. The maximum atomic E-state index is 6.58. The minimum Gasteiger partial charge on any atom is -0.455 e. The molecule has 1 unspecified atom stereocenters. The predicted molar refractivity (Wildman–Crippen MR) is 304 cm³/mol. The molecule has 13 aromatic rings. The second-order valence-corrected chi connectivity index (χ2v) is 19.5. The van der Waals surface area contributed by atoms with Crippen LogP contribution < -0.4 is 4.90 Å². The SMILES string of the molecule is c1ccc(-c2ccc3c(c2)C2(c4ccccc4-3)c3ccccc3-c3ccc(N(c4ccc(-c5ccc6ccccc6c5)cc4)c4ccc(-c5ccc6oc7c(-c8ccccc8)cccc7c6c5)cc4)cc32)cc1. The number of fused-ring (bicyclic) bond motifs is 14. The fourth-order valence-electron chi connectivity index (χ4n) is 12.3. The number of benzene rings is 12. The van der Waals surface area contributed by atoms with Crippen molar-refractivity contribution in [1.82, 2.24) is 0 Å². The van der Waals surface area contributed by atoms with Crippen LogP contribution in [0.3, 0.4) is 0 Å². The molecule has 1 spiro atoms. The second kappa shape index (κ2) is 16.3. The van der Waals surface area contributed by atoms with E-state index in [1.54, 1.807) is 0 Å². The minimum atomic E-state index is -0.522. The van der Waals surface area contributed by atoms with Gasteiger partial charge >= 0.3 is 0 Å².